The van der Waals surface area contributed by atoms with Crippen molar-refractivity contribution in [3.8, 4) is 55.6 Å². The van der Waals surface area contributed by atoms with E-state index >= 15 is 0 Å². The van der Waals surface area contributed by atoms with Crippen molar-refractivity contribution in [3.05, 3.63) is 150 Å². The Morgan fingerprint density at radius 2 is 1.07 bits per heavy atom. The summed E-state index contributed by atoms with van der Waals surface area (Å²) in [6, 6.07) is 48.2. The number of aromatic nitrogens is 1. The van der Waals surface area contributed by atoms with Crippen LogP contribution in [0.2, 0.25) is 0 Å². The van der Waals surface area contributed by atoms with Crippen molar-refractivity contribution in [2.24, 2.45) is 22.7 Å². The zero-order valence-electron chi connectivity index (χ0n) is 33.7. The second-order valence-corrected chi connectivity index (χ2v) is 20.7. The maximum atomic E-state index is 14.6. The van der Waals surface area contributed by atoms with Gasteiger partial charge >= 0.3 is 0 Å². The van der Waals surface area contributed by atoms with Crippen LogP contribution in [-0.4, -0.2) is 16.0 Å². The third-order valence-electron chi connectivity index (χ3n) is 19.1. The Hall–Kier alpha value is -6.32. The molecule has 6 saturated carbocycles. The number of carbonyl (C=O) groups is 2. The molecule has 0 saturated heterocycles. The molecule has 0 radical (unpaired) electrons. The zero-order valence-corrected chi connectivity index (χ0v) is 33.7. The fourth-order valence-electron chi connectivity index (χ4n) is 16.8. The molecule has 61 heavy (non-hydrogen) atoms. The molecule has 0 aliphatic heterocycles. The highest BCUT2D eigenvalue weighted by atomic mass is 16.1. The molecule has 2 aromatic heterocycles. The molecule has 0 amide bonds. The summed E-state index contributed by atoms with van der Waals surface area (Å²) in [6.07, 6.45) is 9.23. The lowest BCUT2D eigenvalue weighted by molar-refractivity contribution is 0.0668. The smallest absolute Gasteiger partial charge is 0.170 e. The van der Waals surface area contributed by atoms with Crippen LogP contribution in [0.3, 0.4) is 0 Å². The van der Waals surface area contributed by atoms with E-state index in [0.717, 1.165) is 47.8 Å². The maximum Gasteiger partial charge on any atom is 0.170 e. The van der Waals surface area contributed by atoms with Crippen molar-refractivity contribution in [1.82, 2.24) is 4.40 Å². The van der Waals surface area contributed by atoms with Crippen LogP contribution >= 0.6 is 0 Å². The van der Waals surface area contributed by atoms with Gasteiger partial charge in [-0.15, -0.1) is 0 Å². The van der Waals surface area contributed by atoms with Gasteiger partial charge in [0, 0.05) is 54.8 Å². The van der Waals surface area contributed by atoms with Gasteiger partial charge in [-0.2, -0.15) is 0 Å². The topological polar surface area (TPSA) is 38.5 Å². The van der Waals surface area contributed by atoms with Gasteiger partial charge in [0.15, 0.2) is 11.6 Å². The van der Waals surface area contributed by atoms with E-state index < -0.39 is 0 Å². The quantitative estimate of drug-likeness (QED) is 0.166. The lowest BCUT2D eigenvalue weighted by Gasteiger charge is -2.41. The summed E-state index contributed by atoms with van der Waals surface area (Å²) in [5.74, 6) is 1.46. The molecule has 4 bridgehead atoms. The minimum atomic E-state index is -0.136. The molecule has 9 aromatic rings. The Bertz CT molecular complexity index is 3660. The molecule has 9 aliphatic rings. The Morgan fingerprint density at radius 3 is 1.72 bits per heavy atom. The molecular weight excluding hydrogens is 743 g/mol. The molecular formula is C58H39NO2. The van der Waals surface area contributed by atoms with Crippen LogP contribution in [0.1, 0.15) is 83.2 Å². The van der Waals surface area contributed by atoms with Crippen LogP contribution in [0.5, 0.6) is 0 Å². The first-order chi connectivity index (χ1) is 30.0. The monoisotopic (exact) mass is 781 g/mol. The van der Waals surface area contributed by atoms with E-state index in [1.165, 1.54) is 120 Å². The molecule has 9 aliphatic carbocycles. The molecule has 288 valence electrons. The number of hydrogen-bond donors (Lipinski definition) is 0. The Balaban J connectivity index is 1.01. The Morgan fingerprint density at radius 1 is 0.492 bits per heavy atom. The third kappa shape index (κ3) is 3.08. The van der Waals surface area contributed by atoms with Gasteiger partial charge in [0.05, 0.1) is 16.6 Å². The minimum Gasteiger partial charge on any atom is -0.308 e. The number of carbonyl (C=O) groups excluding carboxylic acids is 2. The number of nitrogens with zero attached hydrogens (tertiary/aromatic N) is 1. The highest BCUT2D eigenvalue weighted by Crippen LogP contribution is 2.96. The van der Waals surface area contributed by atoms with Crippen LogP contribution in [0.25, 0.3) is 93.7 Å². The van der Waals surface area contributed by atoms with Crippen molar-refractivity contribution in [3.63, 3.8) is 0 Å². The average Bonchev–Trinajstić information content (AvgIpc) is 4.07. The SMILES string of the molecule is O=C1c2cc3c(cc2C24CCC(CC2)C14)c1cc(-c2cccc4c2-c2ccccc2-c2ccccc2-c2ccccc2-4)cc2c4cc5c(cc4n3c12)C(=O)C12CC13CCC52C3. The normalized spacial score (nSPS) is 29.8. The fraction of sp³-hybridized carbons (Fsp3) is 0.241. The minimum absolute atomic E-state index is 0.00448. The van der Waals surface area contributed by atoms with Crippen LogP contribution in [0.15, 0.2) is 127 Å². The first kappa shape index (κ1) is 31.5. The molecule has 6 fully saturated rings. The van der Waals surface area contributed by atoms with Gasteiger partial charge in [-0.1, -0.05) is 91.0 Å². The number of benzene rings is 7. The van der Waals surface area contributed by atoms with E-state index in [0.29, 0.717) is 17.5 Å². The summed E-state index contributed by atoms with van der Waals surface area (Å²) in [7, 11) is 0. The zero-order chi connectivity index (χ0) is 39.5. The highest BCUT2D eigenvalue weighted by Gasteiger charge is 2.94. The van der Waals surface area contributed by atoms with Gasteiger partial charge in [-0.3, -0.25) is 9.59 Å². The summed E-state index contributed by atoms with van der Waals surface area (Å²) in [5, 5.41) is 4.98. The van der Waals surface area contributed by atoms with E-state index in [1.54, 1.807) is 0 Å². The van der Waals surface area contributed by atoms with E-state index in [1.807, 2.05) is 0 Å². The van der Waals surface area contributed by atoms with E-state index in [9.17, 15) is 9.59 Å². The Kier molecular flexibility index (Phi) is 4.95. The summed E-state index contributed by atoms with van der Waals surface area (Å²) in [6.45, 7) is 0. The summed E-state index contributed by atoms with van der Waals surface area (Å²) < 4.78 is 2.46. The molecule has 3 heteroatoms. The summed E-state index contributed by atoms with van der Waals surface area (Å²) >= 11 is 0. The molecule has 0 N–H and O–H groups in total. The third-order valence-corrected chi connectivity index (χ3v) is 19.1. The van der Waals surface area contributed by atoms with Crippen molar-refractivity contribution < 1.29 is 9.59 Å². The van der Waals surface area contributed by atoms with E-state index in [4.69, 9.17) is 0 Å². The number of ketones is 2. The van der Waals surface area contributed by atoms with Gasteiger partial charge in [0.1, 0.15) is 0 Å². The van der Waals surface area contributed by atoms with Crippen LogP contribution < -0.4 is 0 Å². The van der Waals surface area contributed by atoms with Crippen LogP contribution in [0, 0.1) is 22.7 Å². The van der Waals surface area contributed by atoms with Crippen LogP contribution in [-0.2, 0) is 10.8 Å². The van der Waals surface area contributed by atoms with Gasteiger partial charge in [0.2, 0.25) is 0 Å². The fourth-order valence-corrected chi connectivity index (χ4v) is 16.8. The Labute approximate surface area is 352 Å². The number of hydrogen-bond acceptors (Lipinski definition) is 2. The summed E-state index contributed by atoms with van der Waals surface area (Å²) in [4.78, 5) is 29.1. The largest absolute Gasteiger partial charge is 0.308 e. The average molecular weight is 782 g/mol. The number of Topliss-reactive ketones (excluding diaryl/α,β-unsaturated/α-hetero) is 2. The predicted molar refractivity (Wildman–Crippen MR) is 243 cm³/mol. The van der Waals surface area contributed by atoms with Crippen molar-refractivity contribution in [2.75, 3.05) is 0 Å². The van der Waals surface area contributed by atoms with Crippen molar-refractivity contribution in [2.45, 2.75) is 62.2 Å². The molecule has 7 aromatic carbocycles. The highest BCUT2D eigenvalue weighted by molar-refractivity contribution is 6.27. The molecule has 2 heterocycles. The molecule has 4 unspecified atom stereocenters. The van der Waals surface area contributed by atoms with Gasteiger partial charge < -0.3 is 4.40 Å². The number of fused-ring (bicyclic) bond motifs is 17. The second kappa shape index (κ2) is 9.58. The van der Waals surface area contributed by atoms with E-state index in [-0.39, 0.29) is 27.6 Å². The second-order valence-electron chi connectivity index (χ2n) is 20.7. The van der Waals surface area contributed by atoms with Crippen molar-refractivity contribution in [1.29, 1.82) is 0 Å². The van der Waals surface area contributed by atoms with E-state index in [2.05, 4.69) is 132 Å². The first-order valence-corrected chi connectivity index (χ1v) is 22.8. The van der Waals surface area contributed by atoms with Crippen LogP contribution in [0.4, 0.5) is 0 Å². The van der Waals surface area contributed by atoms with Crippen molar-refractivity contribution >= 4 is 49.7 Å². The molecule has 3 nitrogen and oxygen atoms in total. The molecule has 4 atom stereocenters. The first-order valence-electron chi connectivity index (χ1n) is 22.8. The summed E-state index contributed by atoms with van der Waals surface area (Å²) in [5.41, 5.74) is 20.6. The lowest BCUT2D eigenvalue weighted by atomic mass is 9.60. The standard InChI is InChI=1S/C58H39NO2/c60-53-44-26-48-40(24-46(44)56-18-16-30(17-19-56)51(53)56)42-22-31(23-43-41-25-47-45(27-49(41)59(48)52(42)43)54(61)58-29-55(58)20-21-57(47,58)28-55)32-14-7-15-39-37-11-4-3-10-35(37)33-8-1-2-9-34(33)36-12-5-6-13-38(36)50(32)39/h1-15,22-27,30,51H,16-21,28-29H2. The van der Waals surface area contributed by atoms with Gasteiger partial charge in [-0.05, 0) is 166 Å². The molecule has 3 spiro atoms. The lowest BCUT2D eigenvalue weighted by Crippen LogP contribution is -2.43. The van der Waals surface area contributed by atoms with Gasteiger partial charge in [-0.25, -0.2) is 0 Å². The number of rotatable bonds is 1. The van der Waals surface area contributed by atoms with Gasteiger partial charge in [0.25, 0.3) is 0 Å². The predicted octanol–water partition coefficient (Wildman–Crippen LogP) is 13.7. The maximum absolute atomic E-state index is 14.6. The molecule has 18 rings (SSSR count).